The van der Waals surface area contributed by atoms with Crippen molar-refractivity contribution in [3.8, 4) is 0 Å². The molecule has 1 aliphatic rings. The number of aromatic amines is 1. The Bertz CT molecular complexity index is 1350. The van der Waals surface area contributed by atoms with Gasteiger partial charge in [0.15, 0.2) is 11.3 Å². The highest BCUT2D eigenvalue weighted by molar-refractivity contribution is 5.92. The minimum atomic E-state index is -4.72. The van der Waals surface area contributed by atoms with E-state index in [0.717, 1.165) is 18.7 Å². The number of benzene rings is 1. The van der Waals surface area contributed by atoms with Gasteiger partial charge in [0.1, 0.15) is 17.6 Å². The predicted molar refractivity (Wildman–Crippen MR) is 116 cm³/mol. The first-order valence-electron chi connectivity index (χ1n) is 11.0. The van der Waals surface area contributed by atoms with E-state index in [2.05, 4.69) is 24.9 Å². The lowest BCUT2D eigenvalue weighted by Crippen LogP contribution is -2.43. The number of carbonyl (C=O) groups excluding carboxylic acids is 2. The molecule has 4 rings (SSSR count). The second-order valence-electron chi connectivity index (χ2n) is 9.13. The van der Waals surface area contributed by atoms with Crippen LogP contribution in [0.1, 0.15) is 47.3 Å². The number of hydrogen-bond donors (Lipinski definition) is 3. The average Bonchev–Trinajstić information content (AvgIpc) is 3.51. The number of nitrogens with zero attached hydrogens (tertiary/aromatic N) is 4. The lowest BCUT2D eigenvalue weighted by atomic mass is 10.0. The number of imidazole rings is 1. The van der Waals surface area contributed by atoms with Crippen LogP contribution < -0.4 is 11.1 Å². The molecule has 3 aromatic rings. The number of hydrogen-bond acceptors (Lipinski definition) is 7. The number of urea groups is 1. The van der Waals surface area contributed by atoms with Gasteiger partial charge in [-0.3, -0.25) is 4.79 Å². The Labute approximate surface area is 209 Å². The SMILES string of the molecule is CC(C)(OC[C@H](c1nc2ccc(CN3C[C@@H](C(F)(F)F)NC3=O)cc2[nH]1)c1nonc1C(N)=O)C(F)(F)F. The lowest BCUT2D eigenvalue weighted by molar-refractivity contribution is -0.264. The maximum Gasteiger partial charge on any atom is 0.416 e. The normalized spacial score (nSPS) is 17.7. The van der Waals surface area contributed by atoms with E-state index in [1.54, 1.807) is 0 Å². The van der Waals surface area contributed by atoms with Gasteiger partial charge in [0.25, 0.3) is 5.91 Å². The van der Waals surface area contributed by atoms with Crippen molar-refractivity contribution < 1.29 is 45.3 Å². The van der Waals surface area contributed by atoms with Crippen LogP contribution in [0.25, 0.3) is 11.0 Å². The molecule has 3 heterocycles. The van der Waals surface area contributed by atoms with Gasteiger partial charge >= 0.3 is 18.4 Å². The number of ether oxygens (including phenoxy) is 1. The van der Waals surface area contributed by atoms with E-state index in [-0.39, 0.29) is 18.1 Å². The monoisotopic (exact) mass is 549 g/mol. The minimum Gasteiger partial charge on any atom is -0.365 e. The van der Waals surface area contributed by atoms with E-state index < -0.39 is 60.7 Å². The standard InChI is InChI=1S/C21H21F6N7O4/c1-19(2,21(25,26)27)37-8-10(14-15(16(28)35)33-38-32-14)17-29-11-4-3-9(5-12(11)30-17)6-34-7-13(20(22,23)24)31-18(34)36/h3-5,10,13H,6-8H2,1-2H3,(H2,28,35)(H,29,30)(H,31,36)/t10-,13-/m0/s1. The van der Waals surface area contributed by atoms with E-state index in [1.165, 1.54) is 18.2 Å². The Balaban J connectivity index is 1.63. The molecular formula is C21H21F6N7O4. The van der Waals surface area contributed by atoms with Crippen LogP contribution >= 0.6 is 0 Å². The first kappa shape index (κ1) is 27.2. The minimum absolute atomic E-state index is 0.0318. The zero-order valence-electron chi connectivity index (χ0n) is 19.8. The highest BCUT2D eigenvalue weighted by Gasteiger charge is 2.49. The fourth-order valence-electron chi connectivity index (χ4n) is 3.73. The van der Waals surface area contributed by atoms with Gasteiger partial charge in [-0.05, 0) is 36.7 Å². The molecule has 0 aliphatic carbocycles. The number of carbonyl (C=O) groups is 2. The van der Waals surface area contributed by atoms with Crippen molar-refractivity contribution in [3.63, 3.8) is 0 Å². The van der Waals surface area contributed by atoms with Gasteiger partial charge in [0.05, 0.1) is 30.1 Å². The lowest BCUT2D eigenvalue weighted by Gasteiger charge is -2.29. The molecule has 0 unspecified atom stereocenters. The van der Waals surface area contributed by atoms with Crippen molar-refractivity contribution in [2.24, 2.45) is 5.73 Å². The fourth-order valence-corrected chi connectivity index (χ4v) is 3.73. The summed E-state index contributed by atoms with van der Waals surface area (Å²) in [4.78, 5) is 32.0. The first-order valence-corrected chi connectivity index (χ1v) is 11.0. The summed E-state index contributed by atoms with van der Waals surface area (Å²) >= 11 is 0. The van der Waals surface area contributed by atoms with Gasteiger partial charge in [-0.25, -0.2) is 14.4 Å². The van der Waals surface area contributed by atoms with Gasteiger partial charge in [0.2, 0.25) is 0 Å². The van der Waals surface area contributed by atoms with Crippen LogP contribution in [0.2, 0.25) is 0 Å². The molecule has 11 nitrogen and oxygen atoms in total. The fraction of sp³-hybridized carbons (Fsp3) is 0.476. The Hall–Kier alpha value is -3.89. The third-order valence-corrected chi connectivity index (χ3v) is 6.02. The van der Waals surface area contributed by atoms with Crippen LogP contribution in [0.4, 0.5) is 31.1 Å². The molecule has 1 aromatic carbocycles. The molecule has 0 saturated carbocycles. The van der Waals surface area contributed by atoms with Crippen molar-refractivity contribution in [2.45, 2.75) is 50.3 Å². The smallest absolute Gasteiger partial charge is 0.365 e. The van der Waals surface area contributed by atoms with E-state index in [1.807, 2.05) is 5.32 Å². The summed E-state index contributed by atoms with van der Waals surface area (Å²) in [5.74, 6) is -2.21. The predicted octanol–water partition coefficient (Wildman–Crippen LogP) is 2.99. The van der Waals surface area contributed by atoms with Crippen LogP contribution in [0, 0.1) is 0 Å². The third kappa shape index (κ3) is 5.36. The summed E-state index contributed by atoms with van der Waals surface area (Å²) in [7, 11) is 0. The van der Waals surface area contributed by atoms with E-state index in [9.17, 15) is 35.9 Å². The van der Waals surface area contributed by atoms with Crippen molar-refractivity contribution >= 4 is 23.0 Å². The molecule has 0 bridgehead atoms. The molecule has 1 saturated heterocycles. The molecule has 2 atom stereocenters. The number of H-pyrrole nitrogens is 1. The highest BCUT2D eigenvalue weighted by Crippen LogP contribution is 2.35. The number of amides is 3. The Kier molecular flexibility index (Phi) is 6.75. The summed E-state index contributed by atoms with van der Waals surface area (Å²) < 4.78 is 88.7. The number of primary amides is 1. The zero-order valence-corrected chi connectivity index (χ0v) is 19.8. The van der Waals surface area contributed by atoms with Gasteiger partial charge in [-0.1, -0.05) is 11.2 Å². The first-order chi connectivity index (χ1) is 17.6. The van der Waals surface area contributed by atoms with E-state index >= 15 is 0 Å². The molecule has 0 radical (unpaired) electrons. The summed E-state index contributed by atoms with van der Waals surface area (Å²) in [6, 6.07) is 1.70. The summed E-state index contributed by atoms with van der Waals surface area (Å²) in [6.07, 6.45) is -9.31. The second kappa shape index (κ2) is 9.45. The van der Waals surface area contributed by atoms with E-state index in [0.29, 0.717) is 16.6 Å². The van der Waals surface area contributed by atoms with Crippen molar-refractivity contribution in [3.05, 3.63) is 41.0 Å². The molecule has 1 fully saturated rings. The van der Waals surface area contributed by atoms with Gasteiger partial charge in [-0.15, -0.1) is 0 Å². The van der Waals surface area contributed by atoms with Gasteiger partial charge in [0, 0.05) is 6.54 Å². The van der Waals surface area contributed by atoms with E-state index in [4.69, 9.17) is 10.5 Å². The maximum absolute atomic E-state index is 13.4. The van der Waals surface area contributed by atoms with Crippen LogP contribution in [0.5, 0.6) is 0 Å². The van der Waals surface area contributed by atoms with Crippen molar-refractivity contribution in [1.29, 1.82) is 0 Å². The van der Waals surface area contributed by atoms with Gasteiger partial charge < -0.3 is 25.7 Å². The molecule has 2 aromatic heterocycles. The number of fused-ring (bicyclic) bond motifs is 1. The van der Waals surface area contributed by atoms with Gasteiger partial charge in [-0.2, -0.15) is 26.3 Å². The van der Waals surface area contributed by atoms with Crippen LogP contribution in [-0.2, 0) is 11.3 Å². The Morgan fingerprint density at radius 2 is 1.95 bits per heavy atom. The van der Waals surface area contributed by atoms with Crippen LogP contribution in [0.3, 0.4) is 0 Å². The molecule has 38 heavy (non-hydrogen) atoms. The number of rotatable bonds is 8. The quantitative estimate of drug-likeness (QED) is 0.365. The molecule has 3 amide bonds. The zero-order chi connectivity index (χ0) is 28.0. The number of nitrogens with one attached hydrogen (secondary N) is 2. The Morgan fingerprint density at radius 1 is 1.24 bits per heavy atom. The maximum atomic E-state index is 13.4. The van der Waals surface area contributed by atoms with Crippen LogP contribution in [-0.4, -0.2) is 74.3 Å². The van der Waals surface area contributed by atoms with Crippen molar-refractivity contribution in [2.75, 3.05) is 13.2 Å². The molecule has 206 valence electrons. The second-order valence-corrected chi connectivity index (χ2v) is 9.13. The Morgan fingerprint density at radius 3 is 2.55 bits per heavy atom. The molecule has 1 aliphatic heterocycles. The molecule has 0 spiro atoms. The summed E-state index contributed by atoms with van der Waals surface area (Å²) in [5, 5.41) is 8.90. The number of halogens is 6. The van der Waals surface area contributed by atoms with Crippen molar-refractivity contribution in [1.82, 2.24) is 30.5 Å². The summed E-state index contributed by atoms with van der Waals surface area (Å²) in [5.41, 5.74) is 3.22. The number of nitrogens with two attached hydrogens (primary N) is 1. The third-order valence-electron chi connectivity index (χ3n) is 6.02. The largest absolute Gasteiger partial charge is 0.416 e. The highest BCUT2D eigenvalue weighted by atomic mass is 19.4. The molecule has 17 heteroatoms. The van der Waals surface area contributed by atoms with Crippen LogP contribution in [0.15, 0.2) is 22.8 Å². The average molecular weight is 549 g/mol. The molecule has 4 N–H and O–H groups in total. The summed E-state index contributed by atoms with van der Waals surface area (Å²) in [6.45, 7) is 0.276. The molecular weight excluding hydrogens is 528 g/mol. The topological polar surface area (TPSA) is 152 Å². The number of alkyl halides is 6. The number of aromatic nitrogens is 4.